The van der Waals surface area contributed by atoms with Crippen LogP contribution in [0.25, 0.3) is 0 Å². The molecule has 168 valence electrons. The first-order valence-corrected chi connectivity index (χ1v) is 12.0. The quantitative estimate of drug-likeness (QED) is 0.479. The third-order valence-corrected chi connectivity index (χ3v) is 6.41. The molecule has 2 rings (SSSR count). The lowest BCUT2D eigenvalue weighted by atomic mass is 10.1. The zero-order valence-electron chi connectivity index (χ0n) is 18.0. The lowest BCUT2D eigenvalue weighted by Crippen LogP contribution is -2.48. The summed E-state index contributed by atoms with van der Waals surface area (Å²) in [5.74, 6) is 1.31. The largest absolute Gasteiger partial charge is 0.497 e. The zero-order chi connectivity index (χ0) is 22.8. The number of halogens is 2. The van der Waals surface area contributed by atoms with Crippen LogP contribution in [0.1, 0.15) is 31.4 Å². The number of nitrogens with one attached hydrogen (secondary N) is 1. The highest BCUT2D eigenvalue weighted by Gasteiger charge is 2.26. The van der Waals surface area contributed by atoms with Crippen molar-refractivity contribution < 1.29 is 14.3 Å². The lowest BCUT2D eigenvalue weighted by molar-refractivity contribution is -0.138. The van der Waals surface area contributed by atoms with Crippen molar-refractivity contribution in [2.24, 2.45) is 0 Å². The van der Waals surface area contributed by atoms with Gasteiger partial charge in [-0.2, -0.15) is 0 Å². The van der Waals surface area contributed by atoms with Crippen molar-refractivity contribution in [3.63, 3.8) is 0 Å². The third kappa shape index (κ3) is 7.95. The molecule has 31 heavy (non-hydrogen) atoms. The van der Waals surface area contributed by atoms with Crippen LogP contribution in [0.15, 0.2) is 42.5 Å². The number of thioether (sulfide) groups is 1. The van der Waals surface area contributed by atoms with Gasteiger partial charge in [-0.1, -0.05) is 48.3 Å². The van der Waals surface area contributed by atoms with Gasteiger partial charge in [0.05, 0.1) is 22.9 Å². The number of methoxy groups -OCH3 is 1. The van der Waals surface area contributed by atoms with Gasteiger partial charge in [-0.05, 0) is 48.7 Å². The summed E-state index contributed by atoms with van der Waals surface area (Å²) in [4.78, 5) is 27.3. The summed E-state index contributed by atoms with van der Waals surface area (Å²) < 4.78 is 5.28. The summed E-state index contributed by atoms with van der Waals surface area (Å²) in [5, 5.41) is 3.87. The van der Waals surface area contributed by atoms with Crippen LogP contribution in [0.4, 0.5) is 0 Å². The molecule has 0 unspecified atom stereocenters. The molecule has 1 N–H and O–H groups in total. The van der Waals surface area contributed by atoms with Crippen LogP contribution in [0.2, 0.25) is 10.0 Å². The second-order valence-corrected chi connectivity index (χ2v) is 8.88. The highest BCUT2D eigenvalue weighted by atomic mass is 35.5. The molecular weight excluding hydrogens is 455 g/mol. The highest BCUT2D eigenvalue weighted by molar-refractivity contribution is 7.99. The van der Waals surface area contributed by atoms with Crippen LogP contribution in [0.3, 0.4) is 0 Å². The summed E-state index contributed by atoms with van der Waals surface area (Å²) in [6.07, 6.45) is 0.835. The van der Waals surface area contributed by atoms with Crippen LogP contribution in [0, 0.1) is 0 Å². The maximum atomic E-state index is 13.1. The zero-order valence-corrected chi connectivity index (χ0v) is 20.3. The Kier molecular flexibility index (Phi) is 10.5. The first-order valence-electron chi connectivity index (χ1n) is 10.1. The molecule has 0 spiro atoms. The normalized spacial score (nSPS) is 11.6. The summed E-state index contributed by atoms with van der Waals surface area (Å²) in [6, 6.07) is 12.4. The number of carbonyl (C=O) groups is 2. The number of ether oxygens (including phenoxy) is 1. The summed E-state index contributed by atoms with van der Waals surface area (Å²) >= 11 is 13.5. The van der Waals surface area contributed by atoms with E-state index in [2.05, 4.69) is 5.32 Å². The van der Waals surface area contributed by atoms with Crippen LogP contribution >= 0.6 is 35.0 Å². The fourth-order valence-corrected chi connectivity index (χ4v) is 4.09. The molecule has 2 amide bonds. The molecule has 0 aliphatic rings. The maximum Gasteiger partial charge on any atom is 0.242 e. The van der Waals surface area contributed by atoms with Crippen molar-refractivity contribution in [3.05, 3.63) is 63.6 Å². The fraction of sp³-hybridized carbons (Fsp3) is 0.391. The Morgan fingerprint density at radius 2 is 1.90 bits per heavy atom. The van der Waals surface area contributed by atoms with E-state index in [-0.39, 0.29) is 17.6 Å². The molecule has 0 saturated carbocycles. The minimum atomic E-state index is -0.587. The van der Waals surface area contributed by atoms with Crippen LogP contribution in [-0.4, -0.2) is 42.2 Å². The first kappa shape index (κ1) is 25.4. The Labute approximate surface area is 198 Å². The van der Waals surface area contributed by atoms with Gasteiger partial charge in [0, 0.05) is 18.8 Å². The number of hydrogen-bond donors (Lipinski definition) is 1. The van der Waals surface area contributed by atoms with Crippen LogP contribution in [-0.2, 0) is 21.9 Å². The van der Waals surface area contributed by atoms with E-state index < -0.39 is 6.04 Å². The predicted octanol–water partition coefficient (Wildman–Crippen LogP) is 5.18. The Balaban J connectivity index is 2.08. The second-order valence-electron chi connectivity index (χ2n) is 7.08. The average Bonchev–Trinajstić information content (AvgIpc) is 2.77. The third-order valence-electron chi connectivity index (χ3n) is 4.68. The van der Waals surface area contributed by atoms with Crippen molar-refractivity contribution in [1.82, 2.24) is 10.2 Å². The van der Waals surface area contributed by atoms with E-state index in [9.17, 15) is 9.59 Å². The number of carbonyl (C=O) groups excluding carboxylic acids is 2. The SMILES string of the molecule is CCCNC(=O)[C@H](C)N(Cc1cccc(OC)c1)C(=O)CSCc1ccc(Cl)c(Cl)c1. The van der Waals surface area contributed by atoms with Crippen molar-refractivity contribution in [2.75, 3.05) is 19.4 Å². The van der Waals surface area contributed by atoms with Gasteiger partial charge in [0.25, 0.3) is 0 Å². The van der Waals surface area contributed by atoms with Gasteiger partial charge in [-0.15, -0.1) is 11.8 Å². The van der Waals surface area contributed by atoms with Crippen molar-refractivity contribution in [3.8, 4) is 5.75 Å². The fourth-order valence-electron chi connectivity index (χ4n) is 2.91. The van der Waals surface area contributed by atoms with E-state index in [0.29, 0.717) is 34.6 Å². The van der Waals surface area contributed by atoms with Gasteiger partial charge >= 0.3 is 0 Å². The van der Waals surface area contributed by atoms with Crippen LogP contribution in [0.5, 0.6) is 5.75 Å². The van der Waals surface area contributed by atoms with Gasteiger partial charge in [0.1, 0.15) is 11.8 Å². The summed E-state index contributed by atoms with van der Waals surface area (Å²) in [5.41, 5.74) is 1.89. The molecule has 0 saturated heterocycles. The number of nitrogens with zero attached hydrogens (tertiary/aromatic N) is 1. The van der Waals surface area contributed by atoms with Crippen molar-refractivity contribution >= 4 is 46.8 Å². The molecule has 0 fully saturated rings. The number of benzene rings is 2. The smallest absolute Gasteiger partial charge is 0.242 e. The van der Waals surface area contributed by atoms with E-state index in [1.54, 1.807) is 31.1 Å². The maximum absolute atomic E-state index is 13.1. The van der Waals surface area contributed by atoms with Gasteiger partial charge in [0.15, 0.2) is 0 Å². The Hall–Kier alpha value is -1.89. The molecule has 0 aliphatic heterocycles. The molecule has 0 radical (unpaired) electrons. The van der Waals surface area contributed by atoms with E-state index in [1.807, 2.05) is 37.3 Å². The topological polar surface area (TPSA) is 58.6 Å². The molecule has 5 nitrogen and oxygen atoms in total. The van der Waals surface area contributed by atoms with E-state index in [1.165, 1.54) is 11.8 Å². The van der Waals surface area contributed by atoms with Crippen molar-refractivity contribution in [1.29, 1.82) is 0 Å². The standard InChI is InChI=1S/C23H28Cl2N2O3S/c1-4-10-26-23(29)16(2)27(13-17-6-5-7-19(11-17)30-3)22(28)15-31-14-18-8-9-20(24)21(25)12-18/h5-9,11-12,16H,4,10,13-15H2,1-3H3,(H,26,29)/t16-/m0/s1. The molecule has 2 aromatic rings. The Bertz CT molecular complexity index is 895. The predicted molar refractivity (Wildman–Crippen MR) is 129 cm³/mol. The Morgan fingerprint density at radius 1 is 1.13 bits per heavy atom. The molecule has 1 atom stereocenters. The number of hydrogen-bond acceptors (Lipinski definition) is 4. The second kappa shape index (κ2) is 12.8. The van der Waals surface area contributed by atoms with Gasteiger partial charge in [-0.25, -0.2) is 0 Å². The first-order chi connectivity index (χ1) is 14.8. The summed E-state index contributed by atoms with van der Waals surface area (Å²) in [7, 11) is 1.60. The molecule has 0 heterocycles. The monoisotopic (exact) mass is 482 g/mol. The molecule has 0 aromatic heterocycles. The van der Waals surface area contributed by atoms with Crippen LogP contribution < -0.4 is 10.1 Å². The minimum Gasteiger partial charge on any atom is -0.497 e. The Morgan fingerprint density at radius 3 is 2.58 bits per heavy atom. The minimum absolute atomic E-state index is 0.105. The van der Waals surface area contributed by atoms with Crippen molar-refractivity contribution in [2.45, 2.75) is 38.6 Å². The van der Waals surface area contributed by atoms with E-state index >= 15 is 0 Å². The molecule has 8 heteroatoms. The molecule has 2 aromatic carbocycles. The highest BCUT2D eigenvalue weighted by Crippen LogP contribution is 2.25. The lowest BCUT2D eigenvalue weighted by Gasteiger charge is -2.29. The number of amides is 2. The summed E-state index contributed by atoms with van der Waals surface area (Å²) in [6.45, 7) is 4.65. The van der Waals surface area contributed by atoms with Gasteiger partial charge < -0.3 is 15.0 Å². The number of rotatable bonds is 11. The molecule has 0 aliphatic carbocycles. The molecule has 0 bridgehead atoms. The van der Waals surface area contributed by atoms with E-state index in [0.717, 1.165) is 17.5 Å². The molecular formula is C23H28Cl2N2O3S. The van der Waals surface area contributed by atoms with E-state index in [4.69, 9.17) is 27.9 Å². The van der Waals surface area contributed by atoms with Gasteiger partial charge in [0.2, 0.25) is 11.8 Å². The average molecular weight is 483 g/mol. The van der Waals surface area contributed by atoms with Gasteiger partial charge in [-0.3, -0.25) is 9.59 Å².